The van der Waals surface area contributed by atoms with Gasteiger partial charge in [-0.3, -0.25) is 0 Å². The van der Waals surface area contributed by atoms with E-state index in [-0.39, 0.29) is 17.1 Å². The summed E-state index contributed by atoms with van der Waals surface area (Å²) in [5.74, 6) is 0.318. The van der Waals surface area contributed by atoms with E-state index in [1.54, 1.807) is 19.1 Å². The van der Waals surface area contributed by atoms with Gasteiger partial charge in [-0.1, -0.05) is 20.8 Å². The predicted molar refractivity (Wildman–Crippen MR) is 79.6 cm³/mol. The van der Waals surface area contributed by atoms with E-state index >= 15 is 0 Å². The van der Waals surface area contributed by atoms with Crippen LogP contribution < -0.4 is 4.74 Å². The van der Waals surface area contributed by atoms with Crippen molar-refractivity contribution in [3.63, 3.8) is 0 Å². The van der Waals surface area contributed by atoms with Crippen molar-refractivity contribution in [2.24, 2.45) is 16.7 Å². The first kappa shape index (κ1) is 14.4. The van der Waals surface area contributed by atoms with Crippen molar-refractivity contribution in [1.29, 1.82) is 0 Å². The van der Waals surface area contributed by atoms with Crippen LogP contribution in [0.25, 0.3) is 0 Å². The largest absolute Gasteiger partial charge is 0.478 e. The topological polar surface area (TPSA) is 59.4 Å². The lowest BCUT2D eigenvalue weighted by atomic mass is 9.70. The Kier molecular flexibility index (Phi) is 3.05. The number of rotatable bonds is 3. The van der Waals surface area contributed by atoms with Gasteiger partial charge in [-0.05, 0) is 43.6 Å². The fraction of sp³-hybridized carbons (Fsp3) is 0.647. The molecule has 3 unspecified atom stereocenters. The molecule has 0 radical (unpaired) electrons. The summed E-state index contributed by atoms with van der Waals surface area (Å²) in [6.45, 7) is 8.73. The molecule has 2 aliphatic rings. The maximum Gasteiger partial charge on any atom is 0.337 e. The van der Waals surface area contributed by atoms with Crippen LogP contribution in [0.1, 0.15) is 56.1 Å². The van der Waals surface area contributed by atoms with Gasteiger partial charge in [-0.2, -0.15) is 0 Å². The number of ether oxygens (including phenoxy) is 1. The van der Waals surface area contributed by atoms with E-state index in [0.717, 1.165) is 6.42 Å². The van der Waals surface area contributed by atoms with Gasteiger partial charge >= 0.3 is 5.97 Å². The van der Waals surface area contributed by atoms with E-state index in [9.17, 15) is 4.79 Å². The van der Waals surface area contributed by atoms with E-state index in [1.807, 2.05) is 0 Å². The summed E-state index contributed by atoms with van der Waals surface area (Å²) < 4.78 is 6.16. The number of aryl methyl sites for hydroxylation is 1. The highest BCUT2D eigenvalue weighted by atomic mass is 16.5. The maximum atomic E-state index is 11.0. The molecule has 0 aromatic carbocycles. The number of fused-ring (bicyclic) bond motifs is 2. The molecule has 0 saturated heterocycles. The van der Waals surface area contributed by atoms with Crippen molar-refractivity contribution in [2.75, 3.05) is 0 Å². The van der Waals surface area contributed by atoms with E-state index in [1.165, 1.54) is 12.8 Å². The normalized spacial score (nSPS) is 33.1. The number of hydrogen-bond acceptors (Lipinski definition) is 3. The number of pyridine rings is 1. The average Bonchev–Trinajstić information content (AvgIpc) is 2.71. The van der Waals surface area contributed by atoms with Gasteiger partial charge in [0.1, 0.15) is 6.10 Å². The highest BCUT2D eigenvalue weighted by Crippen LogP contribution is 2.66. The highest BCUT2D eigenvalue weighted by molar-refractivity contribution is 5.88. The third kappa shape index (κ3) is 1.95. The lowest BCUT2D eigenvalue weighted by Crippen LogP contribution is -2.39. The molecule has 3 rings (SSSR count). The molecule has 1 aromatic rings. The van der Waals surface area contributed by atoms with Crippen molar-refractivity contribution in [3.05, 3.63) is 23.4 Å². The molecular formula is C17H23NO3. The van der Waals surface area contributed by atoms with Crippen LogP contribution in [-0.4, -0.2) is 22.2 Å². The zero-order valence-electron chi connectivity index (χ0n) is 13.1. The van der Waals surface area contributed by atoms with E-state index < -0.39 is 5.97 Å². The number of carbonyl (C=O) groups is 1. The summed E-state index contributed by atoms with van der Waals surface area (Å²) in [6.07, 6.45) is 3.73. The van der Waals surface area contributed by atoms with Gasteiger partial charge in [0, 0.05) is 11.5 Å². The fourth-order valence-electron chi connectivity index (χ4n) is 4.28. The van der Waals surface area contributed by atoms with Crippen LogP contribution in [0.2, 0.25) is 0 Å². The molecular weight excluding hydrogens is 266 g/mol. The molecule has 21 heavy (non-hydrogen) atoms. The van der Waals surface area contributed by atoms with E-state index in [2.05, 4.69) is 25.8 Å². The minimum absolute atomic E-state index is 0.175. The second kappa shape index (κ2) is 4.46. The number of nitrogens with zero attached hydrogens (tertiary/aromatic N) is 1. The van der Waals surface area contributed by atoms with Gasteiger partial charge in [-0.15, -0.1) is 0 Å². The van der Waals surface area contributed by atoms with Crippen LogP contribution in [-0.2, 0) is 0 Å². The molecule has 0 spiro atoms. The zero-order valence-corrected chi connectivity index (χ0v) is 13.1. The Bertz CT molecular complexity index is 596. The highest BCUT2D eigenvalue weighted by Gasteiger charge is 2.62. The summed E-state index contributed by atoms with van der Waals surface area (Å²) in [5.41, 5.74) is 1.22. The Morgan fingerprint density at radius 2 is 2.10 bits per heavy atom. The molecule has 2 aliphatic carbocycles. The van der Waals surface area contributed by atoms with Crippen LogP contribution in [0, 0.1) is 23.7 Å². The molecule has 4 nitrogen and oxygen atoms in total. The van der Waals surface area contributed by atoms with Gasteiger partial charge in [0.25, 0.3) is 0 Å². The molecule has 0 amide bonds. The number of carboxylic acid groups (broad SMARTS) is 1. The molecule has 2 bridgehead atoms. The smallest absolute Gasteiger partial charge is 0.337 e. The molecule has 3 atom stereocenters. The Balaban J connectivity index is 1.83. The van der Waals surface area contributed by atoms with Crippen LogP contribution in [0.4, 0.5) is 0 Å². The van der Waals surface area contributed by atoms with Crippen molar-refractivity contribution >= 4 is 5.97 Å². The van der Waals surface area contributed by atoms with Gasteiger partial charge in [-0.25, -0.2) is 9.78 Å². The molecule has 1 aromatic heterocycles. The molecule has 4 heteroatoms. The summed E-state index contributed by atoms with van der Waals surface area (Å²) in [5, 5.41) is 9.06. The van der Waals surface area contributed by atoms with Crippen molar-refractivity contribution in [2.45, 2.75) is 53.1 Å². The third-order valence-electron chi connectivity index (χ3n) is 6.27. The Labute approximate surface area is 125 Å². The van der Waals surface area contributed by atoms with Gasteiger partial charge in [0.15, 0.2) is 0 Å². The minimum Gasteiger partial charge on any atom is -0.478 e. The van der Waals surface area contributed by atoms with Gasteiger partial charge in [0.05, 0.1) is 11.3 Å². The van der Waals surface area contributed by atoms with Crippen LogP contribution >= 0.6 is 0 Å². The van der Waals surface area contributed by atoms with Gasteiger partial charge in [0.2, 0.25) is 5.88 Å². The summed E-state index contributed by atoms with van der Waals surface area (Å²) >= 11 is 0. The molecule has 0 aliphatic heterocycles. The summed E-state index contributed by atoms with van der Waals surface area (Å²) in [6, 6.07) is 3.26. The number of carboxylic acids is 1. The maximum absolute atomic E-state index is 11.0. The van der Waals surface area contributed by atoms with E-state index in [4.69, 9.17) is 9.84 Å². The van der Waals surface area contributed by atoms with Crippen LogP contribution in [0.5, 0.6) is 5.88 Å². The van der Waals surface area contributed by atoms with Crippen molar-refractivity contribution in [1.82, 2.24) is 4.98 Å². The van der Waals surface area contributed by atoms with Crippen LogP contribution in [0.15, 0.2) is 12.1 Å². The fourth-order valence-corrected chi connectivity index (χ4v) is 4.28. The first-order chi connectivity index (χ1) is 9.75. The molecule has 1 heterocycles. The van der Waals surface area contributed by atoms with Crippen molar-refractivity contribution < 1.29 is 14.6 Å². The molecule has 2 saturated carbocycles. The summed E-state index contributed by atoms with van der Waals surface area (Å²) in [4.78, 5) is 15.4. The monoisotopic (exact) mass is 289 g/mol. The minimum atomic E-state index is -0.945. The first-order valence-electron chi connectivity index (χ1n) is 7.63. The number of aromatic carboxylic acids is 1. The second-order valence-electron chi connectivity index (χ2n) is 7.30. The standard InChI is InChI=1S/C17H23NO3/c1-10-12(15(19)20)5-6-14(18-10)21-13-9-11-7-8-17(13,4)16(11,2)3/h5-6,11,13H,7-9H2,1-4H3,(H,19,20). The SMILES string of the molecule is Cc1nc(OC2CC3CCC2(C)C3(C)C)ccc1C(=O)O. The third-order valence-corrected chi connectivity index (χ3v) is 6.27. The molecule has 1 N–H and O–H groups in total. The average molecular weight is 289 g/mol. The Morgan fingerprint density at radius 1 is 1.38 bits per heavy atom. The number of hydrogen-bond donors (Lipinski definition) is 1. The quantitative estimate of drug-likeness (QED) is 0.922. The van der Waals surface area contributed by atoms with Gasteiger partial charge < -0.3 is 9.84 Å². The summed E-state index contributed by atoms with van der Waals surface area (Å²) in [7, 11) is 0. The first-order valence-corrected chi connectivity index (χ1v) is 7.63. The Hall–Kier alpha value is -1.58. The van der Waals surface area contributed by atoms with Crippen LogP contribution in [0.3, 0.4) is 0 Å². The Morgan fingerprint density at radius 3 is 2.57 bits per heavy atom. The predicted octanol–water partition coefficient (Wildman–Crippen LogP) is 3.68. The van der Waals surface area contributed by atoms with E-state index in [0.29, 0.717) is 22.9 Å². The second-order valence-corrected chi connectivity index (χ2v) is 7.30. The van der Waals surface area contributed by atoms with Crippen molar-refractivity contribution in [3.8, 4) is 5.88 Å². The zero-order chi connectivity index (χ0) is 15.4. The molecule has 2 fully saturated rings. The lowest BCUT2D eigenvalue weighted by molar-refractivity contribution is 0.0272. The molecule has 114 valence electrons. The number of aromatic nitrogens is 1. The lowest BCUT2D eigenvalue weighted by Gasteiger charge is -2.38.